The summed E-state index contributed by atoms with van der Waals surface area (Å²) in [6, 6.07) is 4.33. The molecule has 0 aliphatic carbocycles. The van der Waals surface area contributed by atoms with E-state index in [1.54, 1.807) is 19.9 Å². The lowest BCUT2D eigenvalue weighted by molar-refractivity contribution is 0.0473. The standard InChI is InChI=1S/C16H16F3N3O2/c1-10(2)22(9-14(18)19)15(23)12-8-11(17)4-5-13(12)24-16-20-6-3-7-21-16/h3-8,10,14H,9H2,1-2H3. The van der Waals surface area contributed by atoms with Crippen molar-refractivity contribution in [2.75, 3.05) is 6.54 Å². The van der Waals surface area contributed by atoms with E-state index < -0.39 is 30.7 Å². The molecule has 1 amide bonds. The van der Waals surface area contributed by atoms with E-state index in [2.05, 4.69) is 9.97 Å². The van der Waals surface area contributed by atoms with Gasteiger partial charge in [0.25, 0.3) is 12.3 Å². The largest absolute Gasteiger partial charge is 0.423 e. The number of rotatable bonds is 6. The van der Waals surface area contributed by atoms with Crippen molar-refractivity contribution in [2.45, 2.75) is 26.3 Å². The second-order valence-electron chi connectivity index (χ2n) is 5.22. The summed E-state index contributed by atoms with van der Waals surface area (Å²) in [6.07, 6.45) is 0.168. The van der Waals surface area contributed by atoms with Crippen LogP contribution in [0.5, 0.6) is 11.8 Å². The van der Waals surface area contributed by atoms with Gasteiger partial charge in [-0.15, -0.1) is 0 Å². The van der Waals surface area contributed by atoms with E-state index >= 15 is 0 Å². The molecular weight excluding hydrogens is 323 g/mol. The van der Waals surface area contributed by atoms with Gasteiger partial charge in [-0.3, -0.25) is 4.79 Å². The lowest BCUT2D eigenvalue weighted by Gasteiger charge is -2.27. The van der Waals surface area contributed by atoms with Crippen LogP contribution < -0.4 is 4.74 Å². The lowest BCUT2D eigenvalue weighted by Crippen LogP contribution is -2.40. The van der Waals surface area contributed by atoms with E-state index in [0.29, 0.717) is 0 Å². The van der Waals surface area contributed by atoms with E-state index in [0.717, 1.165) is 17.0 Å². The number of amides is 1. The Bertz CT molecular complexity index is 696. The maximum Gasteiger partial charge on any atom is 0.321 e. The van der Waals surface area contributed by atoms with Gasteiger partial charge in [0, 0.05) is 18.4 Å². The Kier molecular flexibility index (Phi) is 5.73. The average Bonchev–Trinajstić information content (AvgIpc) is 2.54. The fourth-order valence-corrected chi connectivity index (χ4v) is 2.03. The zero-order valence-electron chi connectivity index (χ0n) is 13.1. The molecule has 2 aromatic rings. The third-order valence-corrected chi connectivity index (χ3v) is 3.13. The van der Waals surface area contributed by atoms with Crippen LogP contribution in [-0.4, -0.2) is 39.8 Å². The first-order valence-electron chi connectivity index (χ1n) is 7.22. The summed E-state index contributed by atoms with van der Waals surface area (Å²) in [7, 11) is 0. The van der Waals surface area contributed by atoms with Crippen LogP contribution in [0.25, 0.3) is 0 Å². The molecule has 8 heteroatoms. The minimum Gasteiger partial charge on any atom is -0.423 e. The Balaban J connectivity index is 2.36. The van der Waals surface area contributed by atoms with Crippen molar-refractivity contribution in [1.82, 2.24) is 14.9 Å². The lowest BCUT2D eigenvalue weighted by atomic mass is 10.1. The highest BCUT2D eigenvalue weighted by molar-refractivity contribution is 5.97. The molecule has 0 radical (unpaired) electrons. The molecule has 0 unspecified atom stereocenters. The number of benzene rings is 1. The number of hydrogen-bond acceptors (Lipinski definition) is 4. The van der Waals surface area contributed by atoms with Gasteiger partial charge >= 0.3 is 6.01 Å². The van der Waals surface area contributed by atoms with Gasteiger partial charge in [-0.1, -0.05) is 0 Å². The van der Waals surface area contributed by atoms with Gasteiger partial charge < -0.3 is 9.64 Å². The summed E-state index contributed by atoms with van der Waals surface area (Å²) in [5, 5.41) is 0. The molecule has 1 aromatic heterocycles. The minimum absolute atomic E-state index is 0.00693. The van der Waals surface area contributed by atoms with Gasteiger partial charge in [0.1, 0.15) is 11.6 Å². The summed E-state index contributed by atoms with van der Waals surface area (Å²) in [5.74, 6) is -1.44. The Morgan fingerprint density at radius 3 is 2.50 bits per heavy atom. The van der Waals surface area contributed by atoms with Crippen LogP contribution >= 0.6 is 0 Å². The van der Waals surface area contributed by atoms with Gasteiger partial charge in [0.15, 0.2) is 0 Å². The summed E-state index contributed by atoms with van der Waals surface area (Å²) < 4.78 is 44.4. The van der Waals surface area contributed by atoms with Crippen molar-refractivity contribution >= 4 is 5.91 Å². The first-order chi connectivity index (χ1) is 11.4. The molecule has 0 aliphatic heterocycles. The first kappa shape index (κ1) is 17.7. The predicted molar refractivity (Wildman–Crippen MR) is 80.7 cm³/mol. The number of ether oxygens (including phenoxy) is 1. The number of aromatic nitrogens is 2. The second-order valence-corrected chi connectivity index (χ2v) is 5.22. The van der Waals surface area contributed by atoms with Gasteiger partial charge in [-0.25, -0.2) is 23.1 Å². The molecule has 0 spiro atoms. The molecule has 0 bridgehead atoms. The number of carbonyl (C=O) groups is 1. The SMILES string of the molecule is CC(C)N(CC(F)F)C(=O)c1cc(F)ccc1Oc1ncccn1. The molecule has 0 N–H and O–H groups in total. The van der Waals surface area contributed by atoms with Crippen LogP contribution in [0, 0.1) is 5.82 Å². The molecular formula is C16H16F3N3O2. The predicted octanol–water partition coefficient (Wildman–Crippen LogP) is 3.52. The molecule has 128 valence electrons. The van der Waals surface area contributed by atoms with Gasteiger partial charge in [-0.05, 0) is 38.1 Å². The Morgan fingerprint density at radius 2 is 1.92 bits per heavy atom. The Morgan fingerprint density at radius 1 is 1.25 bits per heavy atom. The van der Waals surface area contributed by atoms with Crippen LogP contribution in [0.15, 0.2) is 36.7 Å². The maximum absolute atomic E-state index is 13.6. The molecule has 0 saturated heterocycles. The van der Waals surface area contributed by atoms with Crippen LogP contribution in [0.3, 0.4) is 0 Å². The highest BCUT2D eigenvalue weighted by Crippen LogP contribution is 2.26. The zero-order chi connectivity index (χ0) is 17.7. The zero-order valence-corrected chi connectivity index (χ0v) is 13.1. The Hall–Kier alpha value is -2.64. The molecule has 1 heterocycles. The molecule has 5 nitrogen and oxygen atoms in total. The quantitative estimate of drug-likeness (QED) is 0.808. The smallest absolute Gasteiger partial charge is 0.321 e. The van der Waals surface area contributed by atoms with E-state index in [4.69, 9.17) is 4.74 Å². The van der Waals surface area contributed by atoms with Crippen molar-refractivity contribution in [1.29, 1.82) is 0 Å². The molecule has 24 heavy (non-hydrogen) atoms. The average molecular weight is 339 g/mol. The van der Waals surface area contributed by atoms with Crippen molar-refractivity contribution in [2.24, 2.45) is 0 Å². The summed E-state index contributed by atoms with van der Waals surface area (Å²) in [6.45, 7) is 2.44. The molecule has 1 aromatic carbocycles. The highest BCUT2D eigenvalue weighted by Gasteiger charge is 2.25. The maximum atomic E-state index is 13.6. The monoisotopic (exact) mass is 339 g/mol. The van der Waals surface area contributed by atoms with Crippen LogP contribution in [0.4, 0.5) is 13.2 Å². The van der Waals surface area contributed by atoms with Crippen LogP contribution in [0.2, 0.25) is 0 Å². The van der Waals surface area contributed by atoms with Crippen molar-refractivity contribution < 1.29 is 22.7 Å². The van der Waals surface area contributed by atoms with Gasteiger partial charge in [0.05, 0.1) is 12.1 Å². The third kappa shape index (κ3) is 4.43. The fraction of sp³-hybridized carbons (Fsp3) is 0.312. The summed E-state index contributed by atoms with van der Waals surface area (Å²) in [5.41, 5.74) is -0.170. The van der Waals surface area contributed by atoms with Crippen molar-refractivity contribution in [3.8, 4) is 11.8 Å². The molecule has 2 rings (SSSR count). The molecule has 0 atom stereocenters. The van der Waals surface area contributed by atoms with Crippen LogP contribution in [-0.2, 0) is 0 Å². The van der Waals surface area contributed by atoms with E-state index in [1.807, 2.05) is 0 Å². The minimum atomic E-state index is -2.70. The number of alkyl halides is 2. The summed E-state index contributed by atoms with van der Waals surface area (Å²) >= 11 is 0. The van der Waals surface area contributed by atoms with E-state index in [1.165, 1.54) is 18.5 Å². The first-order valence-corrected chi connectivity index (χ1v) is 7.22. The van der Waals surface area contributed by atoms with Crippen LogP contribution in [0.1, 0.15) is 24.2 Å². The van der Waals surface area contributed by atoms with Gasteiger partial charge in [0.2, 0.25) is 0 Å². The number of hydrogen-bond donors (Lipinski definition) is 0. The van der Waals surface area contributed by atoms with E-state index in [9.17, 15) is 18.0 Å². The summed E-state index contributed by atoms with van der Waals surface area (Å²) in [4.78, 5) is 21.3. The van der Waals surface area contributed by atoms with E-state index in [-0.39, 0.29) is 17.3 Å². The second kappa shape index (κ2) is 7.76. The van der Waals surface area contributed by atoms with Crippen molar-refractivity contribution in [3.63, 3.8) is 0 Å². The Labute approximate surface area is 137 Å². The molecule has 0 aliphatic rings. The third-order valence-electron chi connectivity index (χ3n) is 3.13. The normalized spacial score (nSPS) is 11.0. The number of halogens is 3. The van der Waals surface area contributed by atoms with Gasteiger partial charge in [-0.2, -0.15) is 0 Å². The fourth-order valence-electron chi connectivity index (χ4n) is 2.03. The molecule has 0 fully saturated rings. The van der Waals surface area contributed by atoms with Crippen molar-refractivity contribution in [3.05, 3.63) is 48.0 Å². The number of carbonyl (C=O) groups excluding carboxylic acids is 1. The number of nitrogens with zero attached hydrogens (tertiary/aromatic N) is 3. The highest BCUT2D eigenvalue weighted by atomic mass is 19.3. The molecule has 0 saturated carbocycles. The topological polar surface area (TPSA) is 55.3 Å².